The molecule has 1 aliphatic rings. The number of carbonyl (C=O) groups is 1. The van der Waals surface area contributed by atoms with Crippen molar-refractivity contribution in [1.82, 2.24) is 20.0 Å². The summed E-state index contributed by atoms with van der Waals surface area (Å²) in [4.78, 5) is 15.1. The first kappa shape index (κ1) is 22.9. The molecule has 0 bridgehead atoms. The van der Waals surface area contributed by atoms with Crippen LogP contribution in [0.5, 0.6) is 5.88 Å². The molecule has 1 saturated heterocycles. The van der Waals surface area contributed by atoms with E-state index >= 15 is 0 Å². The number of carbonyl (C=O) groups excluding carboxylic acids is 1. The molecule has 0 spiro atoms. The minimum atomic E-state index is -0.367. The Hall–Kier alpha value is -3.30. The second-order valence-electron chi connectivity index (χ2n) is 7.80. The molecule has 174 valence electrons. The van der Waals surface area contributed by atoms with E-state index in [0.717, 1.165) is 13.1 Å². The van der Waals surface area contributed by atoms with Gasteiger partial charge < -0.3 is 14.8 Å². The maximum Gasteiger partial charge on any atom is 0.258 e. The van der Waals surface area contributed by atoms with E-state index in [1.807, 2.05) is 0 Å². The van der Waals surface area contributed by atoms with Crippen molar-refractivity contribution in [3.8, 4) is 5.88 Å². The fourth-order valence-corrected chi connectivity index (χ4v) is 3.60. The summed E-state index contributed by atoms with van der Waals surface area (Å²) < 4.78 is 39.7. The SMILES string of the molecule is O=C(NCCN1CCOCC1)c1cn(Cc2cccc(F)c2)nc1OCc1cccc(F)c1. The second kappa shape index (κ2) is 11.0. The third-order valence-corrected chi connectivity index (χ3v) is 5.29. The highest BCUT2D eigenvalue weighted by molar-refractivity contribution is 5.96. The van der Waals surface area contributed by atoms with Crippen LogP contribution < -0.4 is 10.1 Å². The fraction of sp³-hybridized carbons (Fsp3) is 0.333. The largest absolute Gasteiger partial charge is 0.471 e. The number of morpholine rings is 1. The van der Waals surface area contributed by atoms with Crippen LogP contribution in [0.25, 0.3) is 0 Å². The van der Waals surface area contributed by atoms with Gasteiger partial charge in [0.15, 0.2) is 0 Å². The zero-order valence-electron chi connectivity index (χ0n) is 18.2. The van der Waals surface area contributed by atoms with E-state index in [2.05, 4.69) is 15.3 Å². The smallest absolute Gasteiger partial charge is 0.258 e. The summed E-state index contributed by atoms with van der Waals surface area (Å²) in [6, 6.07) is 12.2. The van der Waals surface area contributed by atoms with Crippen LogP contribution in [0.1, 0.15) is 21.5 Å². The lowest BCUT2D eigenvalue weighted by molar-refractivity contribution is 0.0383. The molecule has 0 radical (unpaired) electrons. The maximum absolute atomic E-state index is 13.6. The van der Waals surface area contributed by atoms with Crippen LogP contribution >= 0.6 is 0 Å². The summed E-state index contributed by atoms with van der Waals surface area (Å²) in [5, 5.41) is 7.29. The highest BCUT2D eigenvalue weighted by Crippen LogP contribution is 2.19. The molecule has 1 N–H and O–H groups in total. The summed E-state index contributed by atoms with van der Waals surface area (Å²) in [6.07, 6.45) is 1.58. The Bertz CT molecular complexity index is 1080. The van der Waals surface area contributed by atoms with Gasteiger partial charge >= 0.3 is 0 Å². The van der Waals surface area contributed by atoms with E-state index in [1.54, 1.807) is 30.5 Å². The van der Waals surface area contributed by atoms with Crippen molar-refractivity contribution < 1.29 is 23.0 Å². The van der Waals surface area contributed by atoms with Crippen molar-refractivity contribution >= 4 is 5.91 Å². The first-order chi connectivity index (χ1) is 16.1. The topological polar surface area (TPSA) is 68.6 Å². The van der Waals surface area contributed by atoms with Crippen molar-refractivity contribution in [2.45, 2.75) is 13.2 Å². The normalized spacial score (nSPS) is 14.2. The molecule has 9 heteroatoms. The molecule has 1 amide bonds. The molecular formula is C24H26F2N4O3. The standard InChI is InChI=1S/C24H26F2N4O3/c25-20-5-1-3-18(13-20)15-30-16-22(23(31)27-7-8-29-9-11-32-12-10-29)24(28-30)33-17-19-4-2-6-21(26)14-19/h1-6,13-14,16H,7-12,15,17H2,(H,27,31). The summed E-state index contributed by atoms with van der Waals surface area (Å²) in [7, 11) is 0. The lowest BCUT2D eigenvalue weighted by atomic mass is 10.2. The summed E-state index contributed by atoms with van der Waals surface area (Å²) >= 11 is 0. The predicted molar refractivity (Wildman–Crippen MR) is 118 cm³/mol. The van der Waals surface area contributed by atoms with E-state index in [0.29, 0.717) is 37.4 Å². The first-order valence-electron chi connectivity index (χ1n) is 10.8. The van der Waals surface area contributed by atoms with Gasteiger partial charge in [0, 0.05) is 32.4 Å². The number of nitrogens with zero attached hydrogens (tertiary/aromatic N) is 3. The Morgan fingerprint density at radius 3 is 2.48 bits per heavy atom. The van der Waals surface area contributed by atoms with Crippen LogP contribution in [0, 0.1) is 11.6 Å². The molecule has 0 unspecified atom stereocenters. The highest BCUT2D eigenvalue weighted by atomic mass is 19.1. The number of aromatic nitrogens is 2. The highest BCUT2D eigenvalue weighted by Gasteiger charge is 2.19. The van der Waals surface area contributed by atoms with Gasteiger partial charge in [0.25, 0.3) is 5.91 Å². The molecule has 1 aliphatic heterocycles. The Labute approximate surface area is 190 Å². The van der Waals surface area contributed by atoms with Gasteiger partial charge in [0.1, 0.15) is 23.8 Å². The van der Waals surface area contributed by atoms with Gasteiger partial charge in [-0.3, -0.25) is 14.4 Å². The van der Waals surface area contributed by atoms with Crippen LogP contribution in [-0.2, 0) is 17.9 Å². The second-order valence-corrected chi connectivity index (χ2v) is 7.80. The molecule has 3 aromatic rings. The van der Waals surface area contributed by atoms with Crippen LogP contribution in [0.2, 0.25) is 0 Å². The maximum atomic E-state index is 13.6. The quantitative estimate of drug-likeness (QED) is 0.536. The van der Waals surface area contributed by atoms with Crippen molar-refractivity contribution in [2.24, 2.45) is 0 Å². The minimum absolute atomic E-state index is 0.0583. The van der Waals surface area contributed by atoms with Crippen LogP contribution in [0.4, 0.5) is 8.78 Å². The predicted octanol–water partition coefficient (Wildman–Crippen LogP) is 2.85. The Morgan fingerprint density at radius 1 is 1.06 bits per heavy atom. The van der Waals surface area contributed by atoms with Gasteiger partial charge in [0.2, 0.25) is 5.88 Å². The van der Waals surface area contributed by atoms with Gasteiger partial charge in [-0.15, -0.1) is 5.10 Å². The molecule has 2 aromatic carbocycles. The summed E-state index contributed by atoms with van der Waals surface area (Å²) in [5.74, 6) is -0.889. The Kier molecular flexibility index (Phi) is 7.64. The average Bonchev–Trinajstić information content (AvgIpc) is 3.21. The van der Waals surface area contributed by atoms with Gasteiger partial charge in [-0.25, -0.2) is 8.78 Å². The lowest BCUT2D eigenvalue weighted by Gasteiger charge is -2.26. The zero-order chi connectivity index (χ0) is 23.0. The third-order valence-electron chi connectivity index (χ3n) is 5.29. The number of nitrogens with one attached hydrogen (secondary N) is 1. The third kappa shape index (κ3) is 6.59. The molecule has 7 nitrogen and oxygen atoms in total. The van der Waals surface area contributed by atoms with E-state index in [1.165, 1.54) is 28.9 Å². The van der Waals surface area contributed by atoms with Crippen LogP contribution in [0.3, 0.4) is 0 Å². The monoisotopic (exact) mass is 456 g/mol. The molecule has 1 fully saturated rings. The molecule has 33 heavy (non-hydrogen) atoms. The lowest BCUT2D eigenvalue weighted by Crippen LogP contribution is -2.41. The van der Waals surface area contributed by atoms with Crippen LogP contribution in [0.15, 0.2) is 54.7 Å². The zero-order valence-corrected chi connectivity index (χ0v) is 18.2. The van der Waals surface area contributed by atoms with Gasteiger partial charge in [-0.2, -0.15) is 0 Å². The number of rotatable bonds is 9. The molecular weight excluding hydrogens is 430 g/mol. The van der Waals surface area contributed by atoms with Gasteiger partial charge in [-0.05, 0) is 35.4 Å². The number of hydrogen-bond acceptors (Lipinski definition) is 5. The summed E-state index contributed by atoms with van der Waals surface area (Å²) in [5.41, 5.74) is 1.59. The van der Waals surface area contributed by atoms with Crippen molar-refractivity contribution in [2.75, 3.05) is 39.4 Å². The molecule has 1 aromatic heterocycles. The number of ether oxygens (including phenoxy) is 2. The number of benzene rings is 2. The van der Waals surface area contributed by atoms with E-state index in [9.17, 15) is 13.6 Å². The number of halogens is 2. The molecule has 0 atom stereocenters. The van der Waals surface area contributed by atoms with Crippen molar-refractivity contribution in [3.05, 3.63) is 83.1 Å². The van der Waals surface area contributed by atoms with E-state index in [4.69, 9.17) is 9.47 Å². The molecule has 2 heterocycles. The van der Waals surface area contributed by atoms with Crippen LogP contribution in [-0.4, -0.2) is 60.0 Å². The van der Waals surface area contributed by atoms with E-state index in [-0.39, 0.29) is 42.1 Å². The Morgan fingerprint density at radius 2 is 1.76 bits per heavy atom. The average molecular weight is 456 g/mol. The molecule has 0 aliphatic carbocycles. The Balaban J connectivity index is 1.45. The van der Waals surface area contributed by atoms with Gasteiger partial charge in [-0.1, -0.05) is 24.3 Å². The van der Waals surface area contributed by atoms with Gasteiger partial charge in [0.05, 0.1) is 19.8 Å². The number of hydrogen-bond donors (Lipinski definition) is 1. The number of amides is 1. The van der Waals surface area contributed by atoms with Crippen molar-refractivity contribution in [1.29, 1.82) is 0 Å². The fourth-order valence-electron chi connectivity index (χ4n) is 3.60. The summed E-state index contributed by atoms with van der Waals surface area (Å²) in [6.45, 7) is 4.58. The van der Waals surface area contributed by atoms with Crippen molar-refractivity contribution in [3.63, 3.8) is 0 Å². The molecule has 4 rings (SSSR count). The minimum Gasteiger partial charge on any atom is -0.471 e. The molecule has 0 saturated carbocycles. The first-order valence-corrected chi connectivity index (χ1v) is 10.8. The van der Waals surface area contributed by atoms with E-state index < -0.39 is 0 Å².